The van der Waals surface area contributed by atoms with E-state index >= 15 is 0 Å². The summed E-state index contributed by atoms with van der Waals surface area (Å²) in [5.74, 6) is 3.48. The quantitative estimate of drug-likeness (QED) is 0.172. The molecule has 0 bridgehead atoms. The molecule has 23 heavy (non-hydrogen) atoms. The normalized spacial score (nSPS) is 11.7. The third-order valence-electron chi connectivity index (χ3n) is 4.79. The van der Waals surface area contributed by atoms with Crippen molar-refractivity contribution in [2.75, 3.05) is 0 Å². The highest BCUT2D eigenvalue weighted by atomic mass is 28.3. The fourth-order valence-corrected chi connectivity index (χ4v) is 7.74. The van der Waals surface area contributed by atoms with Crippen LogP contribution in [0.15, 0.2) is 12.2 Å². The number of rotatable bonds is 14. The van der Waals surface area contributed by atoms with Crippen LogP contribution in [0.1, 0.15) is 98.3 Å². The molecule has 1 heteroatoms. The van der Waals surface area contributed by atoms with Gasteiger partial charge in [-0.3, -0.25) is 0 Å². The number of unbranched alkanes of at least 4 members (excludes halogenated alkanes) is 7. The van der Waals surface area contributed by atoms with Gasteiger partial charge in [-0.05, 0) is 37.0 Å². The van der Waals surface area contributed by atoms with Gasteiger partial charge >= 0.3 is 0 Å². The molecule has 0 spiro atoms. The molecule has 0 fully saturated rings. The van der Waals surface area contributed by atoms with Crippen LogP contribution in [0.5, 0.6) is 0 Å². The lowest BCUT2D eigenvalue weighted by molar-refractivity contribution is 0.674. The van der Waals surface area contributed by atoms with E-state index in [1.165, 1.54) is 88.8 Å². The lowest BCUT2D eigenvalue weighted by Gasteiger charge is -2.26. The Kier molecular flexibility index (Phi) is 16.0. The Morgan fingerprint density at radius 3 is 1.65 bits per heavy atom. The van der Waals surface area contributed by atoms with E-state index in [1.54, 1.807) is 0 Å². The van der Waals surface area contributed by atoms with Crippen molar-refractivity contribution in [3.05, 3.63) is 12.2 Å². The van der Waals surface area contributed by atoms with Crippen LogP contribution in [0, 0.1) is 11.5 Å². The average Bonchev–Trinajstić information content (AvgIpc) is 2.58. The van der Waals surface area contributed by atoms with Gasteiger partial charge in [0.15, 0.2) is 0 Å². The Balaban J connectivity index is 4.62. The molecule has 0 saturated carbocycles. The second-order valence-electron chi connectivity index (χ2n) is 7.11. The molecule has 0 aromatic carbocycles. The topological polar surface area (TPSA) is 0 Å². The summed E-state index contributed by atoms with van der Waals surface area (Å²) in [5, 5.41) is 0. The molecule has 0 heterocycles. The summed E-state index contributed by atoms with van der Waals surface area (Å²) in [6.07, 6.45) is 19.2. The van der Waals surface area contributed by atoms with Crippen molar-refractivity contribution in [3.63, 3.8) is 0 Å². The Bertz CT molecular complexity index is 310. The first kappa shape index (κ1) is 22.5. The molecule has 0 saturated heterocycles. The molecular weight excluding hydrogens is 292 g/mol. The first-order valence-corrected chi connectivity index (χ1v) is 13.0. The number of allylic oxidation sites excluding steroid dienone is 2. The lowest BCUT2D eigenvalue weighted by atomic mass is 10.1. The average molecular weight is 335 g/mol. The summed E-state index contributed by atoms with van der Waals surface area (Å²) < 4.78 is 0. The van der Waals surface area contributed by atoms with E-state index in [-0.39, 0.29) is 0 Å². The first-order chi connectivity index (χ1) is 11.2. The minimum Gasteiger partial charge on any atom is -0.126 e. The van der Waals surface area contributed by atoms with Crippen LogP contribution in [0.4, 0.5) is 0 Å². The molecule has 0 nitrogen and oxygen atoms in total. The summed E-state index contributed by atoms with van der Waals surface area (Å²) in [6.45, 7) is 9.24. The molecule has 0 aliphatic rings. The standard InChI is InChI=1S/C22H42Si/c1-5-9-13-14-15-16-17-18-22-23(19-10-6-2,20-11-7-3)21-12-8-4/h16-17H,5-15,19-21H2,1-4H3/b17-16-. The van der Waals surface area contributed by atoms with Gasteiger partial charge in [-0.25, -0.2) is 0 Å². The van der Waals surface area contributed by atoms with E-state index in [1.807, 2.05) is 0 Å². The second-order valence-corrected chi connectivity index (χ2v) is 11.4. The van der Waals surface area contributed by atoms with Crippen molar-refractivity contribution in [1.82, 2.24) is 0 Å². The first-order valence-electron chi connectivity index (χ1n) is 10.4. The lowest BCUT2D eigenvalue weighted by Crippen LogP contribution is -2.32. The molecule has 0 amide bonds. The predicted octanol–water partition coefficient (Wildman–Crippen LogP) is 7.90. The third kappa shape index (κ3) is 12.6. The van der Waals surface area contributed by atoms with Crippen molar-refractivity contribution in [1.29, 1.82) is 0 Å². The molecule has 0 aliphatic carbocycles. The maximum absolute atomic E-state index is 3.84. The summed E-state index contributed by atoms with van der Waals surface area (Å²) >= 11 is 0. The van der Waals surface area contributed by atoms with Gasteiger partial charge in [-0.1, -0.05) is 97.5 Å². The summed E-state index contributed by atoms with van der Waals surface area (Å²) in [5.41, 5.74) is 3.84. The van der Waals surface area contributed by atoms with Crippen LogP contribution in [-0.2, 0) is 0 Å². The van der Waals surface area contributed by atoms with Gasteiger partial charge in [-0.15, -0.1) is 5.54 Å². The largest absolute Gasteiger partial charge is 0.138 e. The fourth-order valence-electron chi connectivity index (χ4n) is 3.13. The molecule has 0 atom stereocenters. The van der Waals surface area contributed by atoms with E-state index in [9.17, 15) is 0 Å². The van der Waals surface area contributed by atoms with Gasteiger partial charge < -0.3 is 0 Å². The number of hydrogen-bond acceptors (Lipinski definition) is 0. The third-order valence-corrected chi connectivity index (χ3v) is 9.40. The molecular formula is C22H42Si. The van der Waals surface area contributed by atoms with E-state index < -0.39 is 8.07 Å². The van der Waals surface area contributed by atoms with Crippen molar-refractivity contribution in [3.8, 4) is 11.5 Å². The van der Waals surface area contributed by atoms with Gasteiger partial charge in [0.05, 0.1) is 0 Å². The second kappa shape index (κ2) is 16.4. The maximum atomic E-state index is 3.84. The van der Waals surface area contributed by atoms with E-state index in [0.717, 1.165) is 0 Å². The summed E-state index contributed by atoms with van der Waals surface area (Å²) in [4.78, 5) is 0. The Morgan fingerprint density at radius 1 is 0.652 bits per heavy atom. The fraction of sp³-hybridized carbons (Fsp3) is 0.818. The predicted molar refractivity (Wildman–Crippen MR) is 111 cm³/mol. The van der Waals surface area contributed by atoms with Crippen LogP contribution in [-0.4, -0.2) is 8.07 Å². The molecule has 0 aromatic heterocycles. The zero-order valence-electron chi connectivity index (χ0n) is 16.6. The molecule has 0 aromatic rings. The van der Waals surface area contributed by atoms with Crippen LogP contribution in [0.2, 0.25) is 18.1 Å². The molecule has 0 radical (unpaired) electrons. The van der Waals surface area contributed by atoms with Crippen molar-refractivity contribution in [2.45, 2.75) is 116 Å². The van der Waals surface area contributed by atoms with Crippen LogP contribution >= 0.6 is 0 Å². The van der Waals surface area contributed by atoms with Crippen LogP contribution in [0.25, 0.3) is 0 Å². The Morgan fingerprint density at radius 2 is 1.17 bits per heavy atom. The highest BCUT2D eigenvalue weighted by Crippen LogP contribution is 2.27. The molecule has 0 rings (SSSR count). The molecule has 0 unspecified atom stereocenters. The van der Waals surface area contributed by atoms with Gasteiger partial charge in [-0.2, -0.15) is 0 Å². The van der Waals surface area contributed by atoms with Gasteiger partial charge in [0, 0.05) is 0 Å². The van der Waals surface area contributed by atoms with Crippen molar-refractivity contribution < 1.29 is 0 Å². The van der Waals surface area contributed by atoms with E-state index in [2.05, 4.69) is 51.3 Å². The maximum Gasteiger partial charge on any atom is 0.138 e. The molecule has 134 valence electrons. The monoisotopic (exact) mass is 334 g/mol. The smallest absolute Gasteiger partial charge is 0.126 e. The summed E-state index contributed by atoms with van der Waals surface area (Å²) in [7, 11) is -1.35. The zero-order chi connectivity index (χ0) is 17.2. The van der Waals surface area contributed by atoms with Gasteiger partial charge in [0.2, 0.25) is 0 Å². The SMILES string of the molecule is CCCCCC/C=C\C#C[Si](CCCC)(CCCC)CCCC. The minimum absolute atomic E-state index is 1.21. The summed E-state index contributed by atoms with van der Waals surface area (Å²) in [6, 6.07) is 4.29. The zero-order valence-corrected chi connectivity index (χ0v) is 17.6. The molecule has 0 N–H and O–H groups in total. The highest BCUT2D eigenvalue weighted by Gasteiger charge is 2.29. The van der Waals surface area contributed by atoms with Crippen molar-refractivity contribution >= 4 is 8.07 Å². The van der Waals surface area contributed by atoms with E-state index in [4.69, 9.17) is 0 Å². The van der Waals surface area contributed by atoms with Gasteiger partial charge in [0.25, 0.3) is 0 Å². The Hall–Kier alpha value is -0.483. The van der Waals surface area contributed by atoms with Crippen LogP contribution < -0.4 is 0 Å². The van der Waals surface area contributed by atoms with E-state index in [0.29, 0.717) is 0 Å². The highest BCUT2D eigenvalue weighted by molar-refractivity contribution is 6.87. The number of hydrogen-bond donors (Lipinski definition) is 0. The van der Waals surface area contributed by atoms with Crippen LogP contribution in [0.3, 0.4) is 0 Å². The molecule has 0 aliphatic heterocycles. The van der Waals surface area contributed by atoms with Gasteiger partial charge in [0.1, 0.15) is 8.07 Å². The van der Waals surface area contributed by atoms with Crippen molar-refractivity contribution in [2.24, 2.45) is 0 Å². The Labute approximate surface area is 148 Å². The minimum atomic E-state index is -1.35.